The summed E-state index contributed by atoms with van der Waals surface area (Å²) in [6.07, 6.45) is -3.20. The third-order valence-corrected chi connectivity index (χ3v) is 3.31. The molecule has 1 aromatic rings. The highest BCUT2D eigenvalue weighted by molar-refractivity contribution is 5.32. The van der Waals surface area contributed by atoms with Crippen LogP contribution in [-0.2, 0) is 12.6 Å². The average Bonchev–Trinajstić information content (AvgIpc) is 2.35. The highest BCUT2D eigenvalue weighted by Gasteiger charge is 2.34. The van der Waals surface area contributed by atoms with Crippen LogP contribution in [0.4, 0.5) is 17.6 Å². The van der Waals surface area contributed by atoms with Gasteiger partial charge in [-0.2, -0.15) is 13.2 Å². The van der Waals surface area contributed by atoms with Crippen molar-refractivity contribution in [3.8, 4) is 5.88 Å². The quantitative estimate of drug-likeness (QED) is 0.780. The highest BCUT2D eigenvalue weighted by Crippen LogP contribution is 2.34. The van der Waals surface area contributed by atoms with Crippen molar-refractivity contribution in [3.05, 3.63) is 23.4 Å². The monoisotopic (exact) mass is 292 g/mol. The Morgan fingerprint density at radius 3 is 2.65 bits per heavy atom. The van der Waals surface area contributed by atoms with Gasteiger partial charge in [0.05, 0.1) is 12.7 Å². The molecule has 20 heavy (non-hydrogen) atoms. The molecule has 0 bridgehead atoms. The fourth-order valence-corrected chi connectivity index (χ4v) is 2.22. The first kappa shape index (κ1) is 15.0. The van der Waals surface area contributed by atoms with Gasteiger partial charge in [-0.3, -0.25) is 4.90 Å². The summed E-state index contributed by atoms with van der Waals surface area (Å²) in [5, 5.41) is 0. The number of aromatic nitrogens is 1. The molecule has 0 unspecified atom stereocenters. The molecule has 0 aliphatic carbocycles. The molecule has 1 fully saturated rings. The highest BCUT2D eigenvalue weighted by atomic mass is 19.4. The van der Waals surface area contributed by atoms with Crippen molar-refractivity contribution in [2.24, 2.45) is 0 Å². The molecule has 2 heterocycles. The number of nitrogens with zero attached hydrogens (tertiary/aromatic N) is 2. The lowest BCUT2D eigenvalue weighted by Gasteiger charge is -2.34. The van der Waals surface area contributed by atoms with Crippen LogP contribution in [0.2, 0.25) is 0 Å². The number of methoxy groups -OCH3 is 1. The second kappa shape index (κ2) is 5.95. The molecule has 0 aromatic carbocycles. The molecule has 3 nitrogen and oxygen atoms in total. The minimum absolute atomic E-state index is 0.0518. The van der Waals surface area contributed by atoms with Crippen molar-refractivity contribution in [2.45, 2.75) is 25.2 Å². The molecule has 0 atom stereocenters. The molecule has 1 aliphatic heterocycles. The number of hydrogen-bond donors (Lipinski definition) is 0. The maximum Gasteiger partial charge on any atom is 0.416 e. The minimum atomic E-state index is -4.42. The number of pyridine rings is 1. The van der Waals surface area contributed by atoms with E-state index in [9.17, 15) is 17.6 Å². The van der Waals surface area contributed by atoms with Crippen LogP contribution in [0.5, 0.6) is 5.88 Å². The van der Waals surface area contributed by atoms with Crippen LogP contribution in [0.15, 0.2) is 12.3 Å². The van der Waals surface area contributed by atoms with E-state index in [4.69, 9.17) is 4.74 Å². The van der Waals surface area contributed by atoms with Crippen LogP contribution in [0.25, 0.3) is 0 Å². The zero-order chi connectivity index (χ0) is 14.8. The number of ether oxygens (including phenoxy) is 1. The molecular formula is C13H16F4N2O. The van der Waals surface area contributed by atoms with Crippen molar-refractivity contribution in [1.29, 1.82) is 0 Å². The van der Waals surface area contributed by atoms with E-state index in [1.807, 2.05) is 4.90 Å². The molecule has 1 aliphatic rings. The van der Waals surface area contributed by atoms with Crippen molar-refractivity contribution < 1.29 is 22.3 Å². The lowest BCUT2D eigenvalue weighted by Crippen LogP contribution is -2.48. The van der Waals surface area contributed by atoms with Gasteiger partial charge in [-0.25, -0.2) is 9.37 Å². The van der Waals surface area contributed by atoms with Crippen LogP contribution < -0.4 is 4.74 Å². The van der Waals surface area contributed by atoms with Crippen LogP contribution in [0.1, 0.15) is 17.5 Å². The summed E-state index contributed by atoms with van der Waals surface area (Å²) >= 11 is 0. The Kier molecular flexibility index (Phi) is 4.47. The standard InChI is InChI=1S/C13H16F4N2O/c1-20-12-5-11(13(15,16)17)9(6-18-12)3-2-4-19-7-10(14)8-19/h5-6,10H,2-4,7-8H2,1H3. The number of rotatable bonds is 5. The summed E-state index contributed by atoms with van der Waals surface area (Å²) in [5.41, 5.74) is -0.563. The molecule has 2 rings (SSSR count). The van der Waals surface area contributed by atoms with E-state index in [0.29, 0.717) is 26.1 Å². The number of halogens is 4. The summed E-state index contributed by atoms with van der Waals surface area (Å²) in [6.45, 7) is 1.36. The zero-order valence-electron chi connectivity index (χ0n) is 11.1. The Morgan fingerprint density at radius 1 is 1.40 bits per heavy atom. The molecule has 1 aromatic heterocycles. The summed E-state index contributed by atoms with van der Waals surface area (Å²) in [6, 6.07) is 0.913. The number of hydrogen-bond acceptors (Lipinski definition) is 3. The second-order valence-electron chi connectivity index (χ2n) is 4.84. The average molecular weight is 292 g/mol. The first-order chi connectivity index (χ1) is 9.40. The Morgan fingerprint density at radius 2 is 2.10 bits per heavy atom. The largest absolute Gasteiger partial charge is 0.481 e. The Hall–Kier alpha value is -1.37. The van der Waals surface area contributed by atoms with Gasteiger partial charge in [-0.1, -0.05) is 0 Å². The van der Waals surface area contributed by atoms with Crippen molar-refractivity contribution in [1.82, 2.24) is 9.88 Å². The van der Waals surface area contributed by atoms with Gasteiger partial charge in [0.25, 0.3) is 0 Å². The third kappa shape index (κ3) is 3.59. The van der Waals surface area contributed by atoms with Gasteiger partial charge < -0.3 is 4.74 Å². The van der Waals surface area contributed by atoms with E-state index in [-0.39, 0.29) is 17.9 Å². The number of likely N-dealkylation sites (tertiary alicyclic amines) is 1. The topological polar surface area (TPSA) is 25.4 Å². The molecule has 0 N–H and O–H groups in total. The van der Waals surface area contributed by atoms with Gasteiger partial charge in [-0.15, -0.1) is 0 Å². The Balaban J connectivity index is 1.99. The molecular weight excluding hydrogens is 276 g/mol. The fourth-order valence-electron chi connectivity index (χ4n) is 2.22. The lowest BCUT2D eigenvalue weighted by molar-refractivity contribution is -0.138. The predicted molar refractivity (Wildman–Crippen MR) is 65.4 cm³/mol. The van der Waals surface area contributed by atoms with E-state index in [2.05, 4.69) is 4.98 Å². The van der Waals surface area contributed by atoms with Crippen LogP contribution >= 0.6 is 0 Å². The van der Waals surface area contributed by atoms with Crippen LogP contribution in [-0.4, -0.2) is 42.8 Å². The molecule has 7 heteroatoms. The van der Waals surface area contributed by atoms with E-state index in [1.54, 1.807) is 0 Å². The zero-order valence-corrected chi connectivity index (χ0v) is 11.1. The Labute approximate surface area is 114 Å². The van der Waals surface area contributed by atoms with Crippen molar-refractivity contribution in [2.75, 3.05) is 26.7 Å². The smallest absolute Gasteiger partial charge is 0.416 e. The Bertz CT molecular complexity index is 458. The van der Waals surface area contributed by atoms with Crippen LogP contribution in [0.3, 0.4) is 0 Å². The minimum Gasteiger partial charge on any atom is -0.481 e. The second-order valence-corrected chi connectivity index (χ2v) is 4.84. The van der Waals surface area contributed by atoms with Gasteiger partial charge in [-0.05, 0) is 24.9 Å². The van der Waals surface area contributed by atoms with Gasteiger partial charge in [0.2, 0.25) is 5.88 Å². The first-order valence-corrected chi connectivity index (χ1v) is 6.36. The number of aryl methyl sites for hydroxylation is 1. The first-order valence-electron chi connectivity index (χ1n) is 6.36. The van der Waals surface area contributed by atoms with Gasteiger partial charge in [0.1, 0.15) is 6.17 Å². The van der Waals surface area contributed by atoms with E-state index in [1.165, 1.54) is 13.3 Å². The van der Waals surface area contributed by atoms with Gasteiger partial charge >= 0.3 is 6.18 Å². The van der Waals surface area contributed by atoms with Crippen LogP contribution in [0, 0.1) is 0 Å². The molecule has 1 saturated heterocycles. The molecule has 112 valence electrons. The molecule has 0 saturated carbocycles. The normalized spacial score (nSPS) is 17.1. The van der Waals surface area contributed by atoms with E-state index >= 15 is 0 Å². The van der Waals surface area contributed by atoms with Crippen molar-refractivity contribution in [3.63, 3.8) is 0 Å². The summed E-state index contributed by atoms with van der Waals surface area (Å²) in [7, 11) is 1.28. The van der Waals surface area contributed by atoms with Gasteiger partial charge in [0.15, 0.2) is 0 Å². The molecule has 0 spiro atoms. The predicted octanol–water partition coefficient (Wildman–Crippen LogP) is 2.70. The number of alkyl halides is 4. The van der Waals surface area contributed by atoms with Crippen molar-refractivity contribution >= 4 is 0 Å². The summed E-state index contributed by atoms with van der Waals surface area (Å²) in [4.78, 5) is 5.70. The molecule has 0 radical (unpaired) electrons. The van der Waals surface area contributed by atoms with E-state index < -0.39 is 17.9 Å². The fraction of sp³-hybridized carbons (Fsp3) is 0.615. The summed E-state index contributed by atoms with van der Waals surface area (Å²) in [5.74, 6) is -0.0518. The van der Waals surface area contributed by atoms with Gasteiger partial charge in [0, 0.05) is 25.4 Å². The maximum absolute atomic E-state index is 12.9. The summed E-state index contributed by atoms with van der Waals surface area (Å²) < 4.78 is 56.1. The lowest BCUT2D eigenvalue weighted by atomic mass is 10.0. The maximum atomic E-state index is 12.9. The third-order valence-electron chi connectivity index (χ3n) is 3.31. The molecule has 0 amide bonds. The van der Waals surface area contributed by atoms with E-state index in [0.717, 1.165) is 6.07 Å². The SMILES string of the molecule is COc1cc(C(F)(F)F)c(CCCN2CC(F)C2)cn1.